The van der Waals surface area contributed by atoms with Gasteiger partial charge in [0.2, 0.25) is 11.1 Å². The van der Waals surface area contributed by atoms with Crippen molar-refractivity contribution in [3.8, 4) is 17.2 Å². The second-order valence-corrected chi connectivity index (χ2v) is 7.77. The quantitative estimate of drug-likeness (QED) is 0.594. The number of rotatable bonds is 7. The number of carbonyl (C=O) groups is 1. The number of nitrogens with one attached hydrogen (secondary N) is 1. The summed E-state index contributed by atoms with van der Waals surface area (Å²) in [5.74, 6) is 0.974. The molecular formula is C20H23N5O3S. The predicted molar refractivity (Wildman–Crippen MR) is 112 cm³/mol. The third-order valence-corrected chi connectivity index (χ3v) is 5.51. The maximum atomic E-state index is 12.7. The van der Waals surface area contributed by atoms with Crippen LogP contribution in [0.3, 0.4) is 0 Å². The monoisotopic (exact) mass is 413 g/mol. The van der Waals surface area contributed by atoms with Crippen molar-refractivity contribution >= 4 is 23.4 Å². The van der Waals surface area contributed by atoms with Crippen molar-refractivity contribution < 1.29 is 14.3 Å². The topological polar surface area (TPSA) is 91.2 Å². The zero-order valence-corrected chi connectivity index (χ0v) is 17.8. The van der Waals surface area contributed by atoms with Crippen LogP contribution in [-0.2, 0) is 4.79 Å². The van der Waals surface area contributed by atoms with Gasteiger partial charge in [0.15, 0.2) is 11.5 Å². The molecule has 1 amide bonds. The molecule has 0 fully saturated rings. The Morgan fingerprint density at radius 1 is 1.07 bits per heavy atom. The third-order valence-electron chi connectivity index (χ3n) is 4.48. The van der Waals surface area contributed by atoms with E-state index in [1.165, 1.54) is 17.3 Å². The Morgan fingerprint density at radius 2 is 1.83 bits per heavy atom. The number of tetrazole rings is 1. The fraction of sp³-hybridized carbons (Fsp3) is 0.300. The van der Waals surface area contributed by atoms with Crippen LogP contribution in [0.2, 0.25) is 0 Å². The molecule has 152 valence electrons. The van der Waals surface area contributed by atoms with E-state index in [1.807, 2.05) is 25.1 Å². The second kappa shape index (κ2) is 8.95. The zero-order valence-electron chi connectivity index (χ0n) is 17.0. The Labute approximate surface area is 173 Å². The van der Waals surface area contributed by atoms with Crippen LogP contribution in [0.4, 0.5) is 5.69 Å². The third kappa shape index (κ3) is 4.68. The summed E-state index contributed by atoms with van der Waals surface area (Å²) in [7, 11) is 3.11. The molecule has 1 aromatic heterocycles. The highest BCUT2D eigenvalue weighted by molar-refractivity contribution is 8.00. The van der Waals surface area contributed by atoms with Crippen molar-refractivity contribution in [2.24, 2.45) is 0 Å². The van der Waals surface area contributed by atoms with E-state index in [4.69, 9.17) is 9.47 Å². The van der Waals surface area contributed by atoms with Crippen LogP contribution in [0.25, 0.3) is 5.69 Å². The van der Waals surface area contributed by atoms with Crippen LogP contribution in [0.15, 0.2) is 41.6 Å². The van der Waals surface area contributed by atoms with Gasteiger partial charge in [-0.25, -0.2) is 0 Å². The van der Waals surface area contributed by atoms with Crippen LogP contribution in [0.5, 0.6) is 11.5 Å². The van der Waals surface area contributed by atoms with E-state index in [-0.39, 0.29) is 5.91 Å². The highest BCUT2D eigenvalue weighted by Crippen LogP contribution is 2.30. The van der Waals surface area contributed by atoms with Crippen molar-refractivity contribution in [1.82, 2.24) is 20.2 Å². The maximum Gasteiger partial charge on any atom is 0.237 e. The van der Waals surface area contributed by atoms with Gasteiger partial charge in [-0.1, -0.05) is 17.8 Å². The average Bonchev–Trinajstić information content (AvgIpc) is 3.17. The summed E-state index contributed by atoms with van der Waals surface area (Å²) in [5, 5.41) is 14.9. The van der Waals surface area contributed by atoms with Crippen molar-refractivity contribution in [1.29, 1.82) is 0 Å². The summed E-state index contributed by atoms with van der Waals surface area (Å²) in [4.78, 5) is 12.7. The van der Waals surface area contributed by atoms with Gasteiger partial charge in [0.05, 0.1) is 25.2 Å². The lowest BCUT2D eigenvalue weighted by Gasteiger charge is -2.14. The molecule has 3 aromatic rings. The number of nitrogens with zero attached hydrogens (tertiary/aromatic N) is 4. The van der Waals surface area contributed by atoms with Gasteiger partial charge < -0.3 is 14.8 Å². The number of anilines is 1. The lowest BCUT2D eigenvalue weighted by atomic mass is 10.1. The largest absolute Gasteiger partial charge is 0.493 e. The standard InChI is InChI=1S/C20H23N5O3S/c1-12-6-8-16(10-13(12)2)25-20(22-23-24-25)29-14(3)19(26)21-15-7-9-17(27-4)18(11-15)28-5/h6-11,14H,1-5H3,(H,21,26)/t14-/m0/s1. The van der Waals surface area contributed by atoms with Crippen LogP contribution in [0, 0.1) is 13.8 Å². The summed E-state index contributed by atoms with van der Waals surface area (Å²) < 4.78 is 12.1. The van der Waals surface area contributed by atoms with Crippen molar-refractivity contribution in [2.45, 2.75) is 31.2 Å². The number of aryl methyl sites for hydroxylation is 2. The van der Waals surface area contributed by atoms with Crippen LogP contribution in [0.1, 0.15) is 18.1 Å². The molecule has 1 N–H and O–H groups in total. The van der Waals surface area contributed by atoms with Gasteiger partial charge in [0, 0.05) is 11.8 Å². The van der Waals surface area contributed by atoms with Gasteiger partial charge >= 0.3 is 0 Å². The van der Waals surface area contributed by atoms with Crippen molar-refractivity contribution in [3.63, 3.8) is 0 Å². The summed E-state index contributed by atoms with van der Waals surface area (Å²) in [6.07, 6.45) is 0. The molecule has 9 heteroatoms. The van der Waals surface area contributed by atoms with E-state index in [0.29, 0.717) is 22.3 Å². The second-order valence-electron chi connectivity index (χ2n) is 6.46. The number of benzene rings is 2. The molecule has 0 aliphatic heterocycles. The van der Waals surface area contributed by atoms with Crippen molar-refractivity contribution in [3.05, 3.63) is 47.5 Å². The molecule has 0 aliphatic rings. The Hall–Kier alpha value is -3.07. The van der Waals surface area contributed by atoms with E-state index in [2.05, 4.69) is 27.8 Å². The van der Waals surface area contributed by atoms with Gasteiger partial charge in [0.25, 0.3) is 0 Å². The van der Waals surface area contributed by atoms with Gasteiger partial charge in [-0.2, -0.15) is 4.68 Å². The normalized spacial score (nSPS) is 11.8. The number of hydrogen-bond donors (Lipinski definition) is 1. The lowest BCUT2D eigenvalue weighted by molar-refractivity contribution is -0.115. The van der Waals surface area contributed by atoms with E-state index < -0.39 is 5.25 Å². The molecule has 0 saturated carbocycles. The highest BCUT2D eigenvalue weighted by Gasteiger charge is 2.20. The van der Waals surface area contributed by atoms with Gasteiger partial charge in [-0.05, 0) is 66.6 Å². The summed E-state index contributed by atoms with van der Waals surface area (Å²) >= 11 is 1.29. The average molecular weight is 414 g/mol. The number of methoxy groups -OCH3 is 2. The molecular weight excluding hydrogens is 390 g/mol. The first-order chi connectivity index (χ1) is 13.9. The Kier molecular flexibility index (Phi) is 6.38. The van der Waals surface area contributed by atoms with Gasteiger partial charge in [-0.3, -0.25) is 4.79 Å². The molecule has 0 radical (unpaired) electrons. The zero-order chi connectivity index (χ0) is 21.0. The first-order valence-corrected chi connectivity index (χ1v) is 9.86. The minimum Gasteiger partial charge on any atom is -0.493 e. The summed E-state index contributed by atoms with van der Waals surface area (Å²) in [6.45, 7) is 5.89. The lowest BCUT2D eigenvalue weighted by Crippen LogP contribution is -2.23. The van der Waals surface area contributed by atoms with Crippen LogP contribution < -0.4 is 14.8 Å². The minimum atomic E-state index is -0.417. The fourth-order valence-electron chi connectivity index (χ4n) is 2.64. The smallest absolute Gasteiger partial charge is 0.237 e. The minimum absolute atomic E-state index is 0.170. The molecule has 29 heavy (non-hydrogen) atoms. The Bertz CT molecular complexity index is 1020. The van der Waals surface area contributed by atoms with Crippen molar-refractivity contribution in [2.75, 3.05) is 19.5 Å². The maximum absolute atomic E-state index is 12.7. The number of aromatic nitrogens is 4. The van der Waals surface area contributed by atoms with Gasteiger partial charge in [0.1, 0.15) is 0 Å². The molecule has 1 heterocycles. The first kappa shape index (κ1) is 20.7. The van der Waals surface area contributed by atoms with Gasteiger partial charge in [-0.15, -0.1) is 5.10 Å². The first-order valence-electron chi connectivity index (χ1n) is 8.98. The summed E-state index contributed by atoms with van der Waals surface area (Å²) in [5.41, 5.74) is 3.81. The molecule has 1 atom stereocenters. The number of thioether (sulfide) groups is 1. The molecule has 8 nitrogen and oxygen atoms in total. The van der Waals surface area contributed by atoms with E-state index in [9.17, 15) is 4.79 Å². The van der Waals surface area contributed by atoms with E-state index in [0.717, 1.165) is 11.3 Å². The number of carbonyl (C=O) groups excluding carboxylic acids is 1. The Balaban J connectivity index is 1.72. The molecule has 0 saturated heterocycles. The SMILES string of the molecule is COc1ccc(NC(=O)[C@H](C)Sc2nnnn2-c2ccc(C)c(C)c2)cc1OC. The molecule has 0 aliphatic carbocycles. The number of ether oxygens (including phenoxy) is 2. The predicted octanol–water partition coefficient (Wildman–Crippen LogP) is 3.42. The molecule has 3 rings (SSSR count). The molecule has 0 bridgehead atoms. The molecule has 2 aromatic carbocycles. The molecule has 0 spiro atoms. The molecule has 0 unspecified atom stereocenters. The number of hydrogen-bond acceptors (Lipinski definition) is 7. The summed E-state index contributed by atoms with van der Waals surface area (Å²) in [6, 6.07) is 11.2. The fourth-order valence-corrected chi connectivity index (χ4v) is 3.45. The number of amides is 1. The van der Waals surface area contributed by atoms with E-state index >= 15 is 0 Å². The Morgan fingerprint density at radius 3 is 2.52 bits per heavy atom. The van der Waals surface area contributed by atoms with Crippen LogP contribution >= 0.6 is 11.8 Å². The van der Waals surface area contributed by atoms with Crippen LogP contribution in [-0.4, -0.2) is 45.6 Å². The van der Waals surface area contributed by atoms with E-state index in [1.54, 1.807) is 44.0 Å². The highest BCUT2D eigenvalue weighted by atomic mass is 32.2.